The summed E-state index contributed by atoms with van der Waals surface area (Å²) in [6.07, 6.45) is 5.64. The van der Waals surface area contributed by atoms with Crippen molar-refractivity contribution >= 4 is 35.0 Å². The monoisotopic (exact) mass is 572 g/mol. The Morgan fingerprint density at radius 3 is 2.62 bits per heavy atom. The van der Waals surface area contributed by atoms with Crippen LogP contribution in [-0.2, 0) is 16.1 Å². The molecule has 1 saturated carbocycles. The van der Waals surface area contributed by atoms with Crippen molar-refractivity contribution in [3.05, 3.63) is 75.3 Å². The first-order chi connectivity index (χ1) is 18.9. The first kappa shape index (κ1) is 28.0. The van der Waals surface area contributed by atoms with Gasteiger partial charge in [0, 0.05) is 40.7 Å². The Morgan fingerprint density at radius 1 is 1.10 bits per heavy atom. The van der Waals surface area contributed by atoms with Crippen molar-refractivity contribution in [2.75, 3.05) is 13.2 Å². The highest BCUT2D eigenvalue weighted by Crippen LogP contribution is 2.47. The van der Waals surface area contributed by atoms with Crippen molar-refractivity contribution in [3.8, 4) is 5.75 Å². The molecule has 3 aliphatic rings. The van der Waals surface area contributed by atoms with Crippen molar-refractivity contribution in [1.29, 1.82) is 0 Å². The van der Waals surface area contributed by atoms with Gasteiger partial charge in [0.1, 0.15) is 18.0 Å². The number of hydrogen-bond donors (Lipinski definition) is 3. The lowest BCUT2D eigenvalue weighted by Crippen LogP contribution is -2.55. The second-order valence-corrected chi connectivity index (χ2v) is 11.5. The van der Waals surface area contributed by atoms with E-state index in [1.165, 1.54) is 12.8 Å². The van der Waals surface area contributed by atoms with Gasteiger partial charge in [-0.15, -0.1) is 0 Å². The Kier molecular flexibility index (Phi) is 8.82. The molecule has 2 aliphatic carbocycles. The topological polar surface area (TPSA) is 99.1 Å². The van der Waals surface area contributed by atoms with Crippen molar-refractivity contribution in [3.63, 3.8) is 0 Å². The summed E-state index contributed by atoms with van der Waals surface area (Å²) in [6.45, 7) is 0.0361. The molecule has 4 unspecified atom stereocenters. The number of carbonyl (C=O) groups is 2. The minimum atomic E-state index is -1.08. The van der Waals surface area contributed by atoms with Gasteiger partial charge in [0.15, 0.2) is 0 Å². The van der Waals surface area contributed by atoms with E-state index in [0.29, 0.717) is 39.3 Å². The van der Waals surface area contributed by atoms with E-state index >= 15 is 0 Å². The number of halogens is 2. The zero-order valence-corrected chi connectivity index (χ0v) is 23.2. The van der Waals surface area contributed by atoms with Gasteiger partial charge in [-0.05, 0) is 42.2 Å². The van der Waals surface area contributed by atoms with Gasteiger partial charge in [-0.2, -0.15) is 0 Å². The maximum Gasteiger partial charge on any atom is 0.247 e. The number of aliphatic hydroxyl groups is 2. The fourth-order valence-electron chi connectivity index (χ4n) is 6.15. The predicted octanol–water partition coefficient (Wildman–Crippen LogP) is 4.62. The third kappa shape index (κ3) is 5.97. The molecule has 0 radical (unpaired) electrons. The van der Waals surface area contributed by atoms with Gasteiger partial charge < -0.3 is 25.2 Å². The number of fused-ring (bicyclic) bond motifs is 3. The molecule has 3 N–H and O–H groups in total. The Labute approximate surface area is 238 Å². The number of nitrogens with one attached hydrogen (secondary N) is 1. The molecule has 7 nitrogen and oxygen atoms in total. The molecule has 1 aliphatic heterocycles. The number of amides is 2. The summed E-state index contributed by atoms with van der Waals surface area (Å²) >= 11 is 12.6. The molecule has 1 heterocycles. The smallest absolute Gasteiger partial charge is 0.247 e. The number of aliphatic hydroxyl groups excluding tert-OH is 2. The van der Waals surface area contributed by atoms with Crippen LogP contribution in [0, 0.1) is 5.92 Å². The first-order valence-electron chi connectivity index (χ1n) is 13.6. The molecule has 5 rings (SSSR count). The van der Waals surface area contributed by atoms with Crippen LogP contribution in [-0.4, -0.2) is 58.3 Å². The van der Waals surface area contributed by atoms with Crippen LogP contribution >= 0.6 is 23.2 Å². The number of para-hydroxylation sites is 1. The Bertz CT molecular complexity index is 1250. The van der Waals surface area contributed by atoms with Crippen LogP contribution in [0.5, 0.6) is 5.75 Å². The molecule has 9 heteroatoms. The van der Waals surface area contributed by atoms with E-state index in [4.69, 9.17) is 27.9 Å². The normalized spacial score (nSPS) is 23.9. The summed E-state index contributed by atoms with van der Waals surface area (Å²) < 4.78 is 6.20. The minimum Gasteiger partial charge on any atom is -0.486 e. The SMILES string of the molecule is O=C(NCCO)C1=CC(N(Cc2ccc(Cl)cc2Cl)C(=O)CCC2CCCC2)C(O)C2Oc3ccccc3C12. The number of benzene rings is 2. The second kappa shape index (κ2) is 12.3. The lowest BCUT2D eigenvalue weighted by Gasteiger charge is -2.41. The molecule has 1 fully saturated rings. The number of carbonyl (C=O) groups excluding carboxylic acids is 2. The Balaban J connectivity index is 1.51. The molecule has 0 saturated heterocycles. The van der Waals surface area contributed by atoms with E-state index in [1.807, 2.05) is 24.3 Å². The number of hydrogen-bond acceptors (Lipinski definition) is 5. The largest absolute Gasteiger partial charge is 0.486 e. The van der Waals surface area contributed by atoms with Crippen LogP contribution < -0.4 is 10.1 Å². The van der Waals surface area contributed by atoms with Gasteiger partial charge in [-0.1, -0.05) is 73.2 Å². The average molecular weight is 574 g/mol. The van der Waals surface area contributed by atoms with Gasteiger partial charge >= 0.3 is 0 Å². The molecule has 39 heavy (non-hydrogen) atoms. The number of ether oxygens (including phenoxy) is 1. The summed E-state index contributed by atoms with van der Waals surface area (Å²) in [5.74, 6) is 0.156. The maximum atomic E-state index is 13.8. The van der Waals surface area contributed by atoms with E-state index in [9.17, 15) is 19.8 Å². The minimum absolute atomic E-state index is 0.0910. The van der Waals surface area contributed by atoms with Crippen LogP contribution in [0.1, 0.15) is 55.6 Å². The highest BCUT2D eigenvalue weighted by Gasteiger charge is 2.50. The lowest BCUT2D eigenvalue weighted by molar-refractivity contribution is -0.138. The number of nitrogens with zero attached hydrogens (tertiary/aromatic N) is 1. The van der Waals surface area contributed by atoms with Gasteiger partial charge in [0.2, 0.25) is 11.8 Å². The van der Waals surface area contributed by atoms with Crippen LogP contribution in [0.25, 0.3) is 0 Å². The fourth-order valence-corrected chi connectivity index (χ4v) is 6.62. The zero-order valence-electron chi connectivity index (χ0n) is 21.7. The molecule has 2 aromatic carbocycles. The van der Waals surface area contributed by atoms with Crippen LogP contribution in [0.4, 0.5) is 0 Å². The van der Waals surface area contributed by atoms with E-state index in [2.05, 4.69) is 5.32 Å². The molecule has 0 aromatic heterocycles. The maximum absolute atomic E-state index is 13.8. The van der Waals surface area contributed by atoms with Crippen LogP contribution in [0.15, 0.2) is 54.1 Å². The Hall–Kier alpha value is -2.58. The fraction of sp³-hybridized carbons (Fsp3) is 0.467. The predicted molar refractivity (Wildman–Crippen MR) is 150 cm³/mol. The van der Waals surface area contributed by atoms with Crippen molar-refractivity contribution in [2.45, 2.75) is 69.2 Å². The van der Waals surface area contributed by atoms with Gasteiger partial charge in [-0.3, -0.25) is 9.59 Å². The molecule has 0 spiro atoms. The molecular weight excluding hydrogens is 539 g/mol. The Morgan fingerprint density at radius 2 is 1.87 bits per heavy atom. The molecule has 208 valence electrons. The van der Waals surface area contributed by atoms with E-state index < -0.39 is 24.2 Å². The highest BCUT2D eigenvalue weighted by atomic mass is 35.5. The summed E-state index contributed by atoms with van der Waals surface area (Å²) in [5.41, 5.74) is 1.91. The summed E-state index contributed by atoms with van der Waals surface area (Å²) in [5, 5.41) is 24.6. The van der Waals surface area contributed by atoms with Crippen LogP contribution in [0.3, 0.4) is 0 Å². The van der Waals surface area contributed by atoms with Gasteiger partial charge in [0.05, 0.1) is 18.6 Å². The molecule has 2 aromatic rings. The third-order valence-electron chi connectivity index (χ3n) is 8.15. The zero-order chi connectivity index (χ0) is 27.5. The van der Waals surface area contributed by atoms with E-state index in [-0.39, 0.29) is 31.5 Å². The van der Waals surface area contributed by atoms with Crippen molar-refractivity contribution < 1.29 is 24.5 Å². The van der Waals surface area contributed by atoms with Crippen molar-refractivity contribution in [1.82, 2.24) is 10.2 Å². The standard InChI is InChI=1S/C30H34Cl2N2O5/c31-20-11-10-19(23(32)15-20)17-34(26(36)12-9-18-5-1-2-6-18)24-16-22(30(38)33-13-14-35)27-21-7-3-4-8-25(21)39-29(27)28(24)37/h3-4,7-8,10-11,15-16,18,24,27-29,35,37H,1-2,5-6,9,12-14,17H2,(H,33,38). The summed E-state index contributed by atoms with van der Waals surface area (Å²) in [7, 11) is 0. The van der Waals surface area contributed by atoms with Crippen LogP contribution in [0.2, 0.25) is 10.0 Å². The lowest BCUT2D eigenvalue weighted by atomic mass is 9.77. The van der Waals surface area contributed by atoms with Gasteiger partial charge in [-0.25, -0.2) is 0 Å². The quantitative estimate of drug-likeness (QED) is 0.407. The molecule has 0 bridgehead atoms. The summed E-state index contributed by atoms with van der Waals surface area (Å²) in [6, 6.07) is 11.7. The highest BCUT2D eigenvalue weighted by molar-refractivity contribution is 6.35. The second-order valence-electron chi connectivity index (χ2n) is 10.6. The summed E-state index contributed by atoms with van der Waals surface area (Å²) in [4.78, 5) is 28.8. The third-order valence-corrected chi connectivity index (χ3v) is 8.74. The van der Waals surface area contributed by atoms with E-state index in [1.54, 1.807) is 29.2 Å². The molecule has 2 amide bonds. The molecular formula is C30H34Cl2N2O5. The van der Waals surface area contributed by atoms with Crippen molar-refractivity contribution in [2.24, 2.45) is 5.92 Å². The molecule has 4 atom stereocenters. The average Bonchev–Trinajstić information content (AvgIpc) is 3.59. The number of rotatable bonds is 9. The van der Waals surface area contributed by atoms with E-state index in [0.717, 1.165) is 24.8 Å². The van der Waals surface area contributed by atoms with Gasteiger partial charge in [0.25, 0.3) is 0 Å². The first-order valence-corrected chi connectivity index (χ1v) is 14.4.